The smallest absolute Gasteiger partial charge is 0.0589 e. The van der Waals surface area contributed by atoms with Crippen molar-refractivity contribution in [3.8, 4) is 0 Å². The van der Waals surface area contributed by atoms with Crippen LogP contribution in [0.4, 0.5) is 0 Å². The molecule has 0 aromatic carbocycles. The Labute approximate surface area is 114 Å². The molecule has 108 valence electrons. The van der Waals surface area contributed by atoms with Crippen LogP contribution in [0.15, 0.2) is 12.2 Å². The summed E-state index contributed by atoms with van der Waals surface area (Å²) in [7, 11) is 1.76. The number of hydrogen-bond acceptors (Lipinski definition) is 3. The highest BCUT2D eigenvalue weighted by molar-refractivity contribution is 5.01. The Kier molecular flexibility index (Phi) is 10.3. The zero-order chi connectivity index (χ0) is 14.0. The minimum absolute atomic E-state index is 0.516. The van der Waals surface area contributed by atoms with Crippen molar-refractivity contribution >= 4 is 0 Å². The second kappa shape index (κ2) is 10.5. The van der Waals surface area contributed by atoms with Gasteiger partial charge in [-0.25, -0.2) is 0 Å². The van der Waals surface area contributed by atoms with Gasteiger partial charge in [-0.05, 0) is 18.4 Å². The van der Waals surface area contributed by atoms with Gasteiger partial charge in [-0.1, -0.05) is 34.3 Å². The van der Waals surface area contributed by atoms with Crippen LogP contribution in [0.2, 0.25) is 0 Å². The van der Waals surface area contributed by atoms with Gasteiger partial charge < -0.3 is 10.1 Å². The summed E-state index contributed by atoms with van der Waals surface area (Å²) in [6.45, 7) is 16.7. The van der Waals surface area contributed by atoms with Gasteiger partial charge in [0.15, 0.2) is 0 Å². The molecule has 0 unspecified atom stereocenters. The Morgan fingerprint density at radius 2 is 1.89 bits per heavy atom. The highest BCUT2D eigenvalue weighted by Crippen LogP contribution is 2.10. The molecule has 0 saturated carbocycles. The summed E-state index contributed by atoms with van der Waals surface area (Å²) in [5, 5.41) is 3.42. The molecule has 0 fully saturated rings. The SMILES string of the molecule is C=C(CNC(C)C)CN(CCOC)C(CC)CC. The number of methoxy groups -OCH3 is 1. The molecule has 0 radical (unpaired) electrons. The molecule has 18 heavy (non-hydrogen) atoms. The number of ether oxygens (including phenoxy) is 1. The van der Waals surface area contributed by atoms with Crippen molar-refractivity contribution in [1.29, 1.82) is 0 Å². The lowest BCUT2D eigenvalue weighted by atomic mass is 10.1. The molecular formula is C15H32N2O. The van der Waals surface area contributed by atoms with Crippen molar-refractivity contribution in [1.82, 2.24) is 10.2 Å². The van der Waals surface area contributed by atoms with Gasteiger partial charge in [0.2, 0.25) is 0 Å². The maximum absolute atomic E-state index is 5.20. The van der Waals surface area contributed by atoms with E-state index in [4.69, 9.17) is 4.74 Å². The van der Waals surface area contributed by atoms with Crippen molar-refractivity contribution in [2.45, 2.75) is 52.6 Å². The van der Waals surface area contributed by atoms with Crippen LogP contribution in [-0.2, 0) is 4.74 Å². The van der Waals surface area contributed by atoms with E-state index in [0.717, 1.165) is 26.2 Å². The van der Waals surface area contributed by atoms with Crippen LogP contribution in [0.5, 0.6) is 0 Å². The largest absolute Gasteiger partial charge is 0.383 e. The first kappa shape index (κ1) is 17.6. The molecule has 0 aliphatic heterocycles. The third-order valence-electron chi connectivity index (χ3n) is 3.23. The first-order valence-corrected chi connectivity index (χ1v) is 7.18. The lowest BCUT2D eigenvalue weighted by molar-refractivity contribution is 0.122. The Morgan fingerprint density at radius 3 is 2.33 bits per heavy atom. The van der Waals surface area contributed by atoms with Crippen LogP contribution in [-0.4, -0.2) is 50.3 Å². The maximum atomic E-state index is 5.20. The zero-order valence-electron chi connectivity index (χ0n) is 13.0. The number of nitrogens with one attached hydrogen (secondary N) is 1. The second-order valence-electron chi connectivity index (χ2n) is 5.22. The Bertz CT molecular complexity index is 213. The molecule has 0 rings (SSSR count). The summed E-state index contributed by atoms with van der Waals surface area (Å²) >= 11 is 0. The van der Waals surface area contributed by atoms with Crippen molar-refractivity contribution in [2.75, 3.05) is 33.4 Å². The molecule has 0 aromatic heterocycles. The minimum atomic E-state index is 0.516. The van der Waals surface area contributed by atoms with Crippen molar-refractivity contribution in [3.63, 3.8) is 0 Å². The third kappa shape index (κ3) is 7.85. The summed E-state index contributed by atoms with van der Waals surface area (Å²) in [4.78, 5) is 2.49. The van der Waals surface area contributed by atoms with Crippen molar-refractivity contribution < 1.29 is 4.74 Å². The summed E-state index contributed by atoms with van der Waals surface area (Å²) in [6, 6.07) is 1.15. The molecule has 0 saturated heterocycles. The lowest BCUT2D eigenvalue weighted by Gasteiger charge is -2.31. The van der Waals surface area contributed by atoms with Crippen LogP contribution in [0.1, 0.15) is 40.5 Å². The van der Waals surface area contributed by atoms with Gasteiger partial charge in [0.1, 0.15) is 0 Å². The predicted molar refractivity (Wildman–Crippen MR) is 80.1 cm³/mol. The molecule has 3 nitrogen and oxygen atoms in total. The number of hydrogen-bond donors (Lipinski definition) is 1. The zero-order valence-corrected chi connectivity index (χ0v) is 13.0. The minimum Gasteiger partial charge on any atom is -0.383 e. The summed E-state index contributed by atoms with van der Waals surface area (Å²) in [5.41, 5.74) is 1.26. The second-order valence-corrected chi connectivity index (χ2v) is 5.22. The van der Waals surface area contributed by atoms with Crippen LogP contribution < -0.4 is 5.32 Å². The van der Waals surface area contributed by atoms with Gasteiger partial charge in [-0.3, -0.25) is 4.90 Å². The maximum Gasteiger partial charge on any atom is 0.0589 e. The Morgan fingerprint density at radius 1 is 1.28 bits per heavy atom. The summed E-state index contributed by atoms with van der Waals surface area (Å²) < 4.78 is 5.20. The lowest BCUT2D eigenvalue weighted by Crippen LogP contribution is -2.40. The van der Waals surface area contributed by atoms with E-state index in [0.29, 0.717) is 12.1 Å². The molecule has 0 amide bonds. The summed E-state index contributed by atoms with van der Waals surface area (Å²) in [6.07, 6.45) is 2.37. The Balaban J connectivity index is 4.24. The standard InChI is InChI=1S/C15H32N2O/c1-7-15(8-2)17(9-10-18-6)12-14(5)11-16-13(3)4/h13,15-16H,5,7-12H2,1-4,6H3. The van der Waals surface area contributed by atoms with E-state index in [1.807, 2.05) is 0 Å². The molecule has 0 atom stereocenters. The highest BCUT2D eigenvalue weighted by Gasteiger charge is 2.15. The van der Waals surface area contributed by atoms with E-state index < -0.39 is 0 Å². The van der Waals surface area contributed by atoms with Crippen LogP contribution in [0.3, 0.4) is 0 Å². The van der Waals surface area contributed by atoms with Crippen molar-refractivity contribution in [3.05, 3.63) is 12.2 Å². The van der Waals surface area contributed by atoms with E-state index >= 15 is 0 Å². The van der Waals surface area contributed by atoms with E-state index in [2.05, 4.69) is 44.5 Å². The van der Waals surface area contributed by atoms with Crippen LogP contribution in [0.25, 0.3) is 0 Å². The average Bonchev–Trinajstić information content (AvgIpc) is 2.34. The van der Waals surface area contributed by atoms with Crippen LogP contribution >= 0.6 is 0 Å². The molecule has 0 heterocycles. The Hall–Kier alpha value is -0.380. The molecule has 1 N–H and O–H groups in total. The fourth-order valence-corrected chi connectivity index (χ4v) is 2.10. The molecule has 0 bridgehead atoms. The van der Waals surface area contributed by atoms with E-state index in [1.165, 1.54) is 18.4 Å². The molecular weight excluding hydrogens is 224 g/mol. The van der Waals surface area contributed by atoms with Gasteiger partial charge in [0.05, 0.1) is 6.61 Å². The quantitative estimate of drug-likeness (QED) is 0.575. The number of rotatable bonds is 11. The van der Waals surface area contributed by atoms with Gasteiger partial charge in [-0.15, -0.1) is 0 Å². The molecule has 0 spiro atoms. The van der Waals surface area contributed by atoms with Gasteiger partial charge in [0, 0.05) is 38.8 Å². The molecule has 0 aliphatic rings. The van der Waals surface area contributed by atoms with Gasteiger partial charge >= 0.3 is 0 Å². The molecule has 0 aliphatic carbocycles. The first-order chi connectivity index (χ1) is 8.54. The average molecular weight is 256 g/mol. The third-order valence-corrected chi connectivity index (χ3v) is 3.23. The predicted octanol–water partition coefficient (Wildman–Crippen LogP) is 2.68. The van der Waals surface area contributed by atoms with E-state index in [1.54, 1.807) is 7.11 Å². The highest BCUT2D eigenvalue weighted by atomic mass is 16.5. The van der Waals surface area contributed by atoms with E-state index in [-0.39, 0.29) is 0 Å². The topological polar surface area (TPSA) is 24.5 Å². The first-order valence-electron chi connectivity index (χ1n) is 7.18. The normalized spacial score (nSPS) is 11.8. The number of nitrogens with zero attached hydrogens (tertiary/aromatic N) is 1. The van der Waals surface area contributed by atoms with E-state index in [9.17, 15) is 0 Å². The fourth-order valence-electron chi connectivity index (χ4n) is 2.10. The molecule has 3 heteroatoms. The van der Waals surface area contributed by atoms with Crippen LogP contribution in [0, 0.1) is 0 Å². The van der Waals surface area contributed by atoms with Gasteiger partial charge in [-0.2, -0.15) is 0 Å². The monoisotopic (exact) mass is 256 g/mol. The molecule has 0 aromatic rings. The van der Waals surface area contributed by atoms with Crippen molar-refractivity contribution in [2.24, 2.45) is 0 Å². The fraction of sp³-hybridized carbons (Fsp3) is 0.867. The summed E-state index contributed by atoms with van der Waals surface area (Å²) in [5.74, 6) is 0. The van der Waals surface area contributed by atoms with Gasteiger partial charge in [0.25, 0.3) is 0 Å².